The minimum atomic E-state index is -1.22. The van der Waals surface area contributed by atoms with E-state index in [0.717, 1.165) is 194 Å². The Labute approximate surface area is 685 Å². The van der Waals surface area contributed by atoms with Crippen molar-refractivity contribution in [2.24, 2.45) is 21.8 Å². The SMILES string of the molecule is O=C1C(=Cc2cc3c(s2)-c2sc4c5c(sc4c2C2(CCCCC2)O3)-c2sc(C=C3C(=O)c4cc(F)c(F)cc4C3=O)cc2OC52CCC(C3CCC4(CC3)Oc3cc(N=c5c(=O)c6ccccc6c5=O)sc3-c3sc5c6c(sc5c34)-c3sc(N=c4c(=O)c5ccccc5c4=O)cc3OC63CCCCC3)CC2)C(=O)c2cc(F)c(F)cc21. The first-order valence-electron chi connectivity index (χ1n) is 38.9. The van der Waals surface area contributed by atoms with Crippen molar-refractivity contribution >= 4 is 176 Å². The summed E-state index contributed by atoms with van der Waals surface area (Å²) >= 11 is 12.5. The summed E-state index contributed by atoms with van der Waals surface area (Å²) in [5.41, 5.74) is -1.40. The molecule has 574 valence electrons. The van der Waals surface area contributed by atoms with Gasteiger partial charge in [-0.25, -0.2) is 27.5 Å². The summed E-state index contributed by atoms with van der Waals surface area (Å²) in [5.74, 6) is -4.49. The van der Waals surface area contributed by atoms with Gasteiger partial charge in [0.05, 0.1) is 69.0 Å². The van der Waals surface area contributed by atoms with E-state index in [1.54, 1.807) is 93.9 Å². The number of carbonyl (C=O) groups is 4. The summed E-state index contributed by atoms with van der Waals surface area (Å²) in [6.07, 6.45) is 17.8. The molecule has 24 rings (SSSR count). The quantitative estimate of drug-likeness (QED) is 0.0899. The molecule has 6 aliphatic carbocycles. The van der Waals surface area contributed by atoms with E-state index >= 15 is 0 Å². The van der Waals surface area contributed by atoms with Crippen LogP contribution in [0.4, 0.5) is 27.6 Å². The highest BCUT2D eigenvalue weighted by Gasteiger charge is 2.56. The molecule has 8 aromatic heterocycles. The molecule has 0 unspecified atom stereocenters. The first-order chi connectivity index (χ1) is 56.2. The Kier molecular flexibility index (Phi) is 15.1. The fourth-order valence-corrected chi connectivity index (χ4v) is 31.8. The Morgan fingerprint density at radius 1 is 0.328 bits per heavy atom. The molecule has 116 heavy (non-hydrogen) atoms. The molecule has 0 radical (unpaired) electrons. The molecule has 10 aliphatic rings. The van der Waals surface area contributed by atoms with Crippen LogP contribution in [-0.2, 0) is 22.4 Å². The van der Waals surface area contributed by atoms with Gasteiger partial charge >= 0.3 is 0 Å². The predicted molar refractivity (Wildman–Crippen MR) is 446 cm³/mol. The number of hydrogen-bond acceptors (Lipinski definition) is 22. The van der Waals surface area contributed by atoms with Gasteiger partial charge in [-0.05, 0) is 163 Å². The van der Waals surface area contributed by atoms with Crippen LogP contribution in [0, 0.1) is 35.1 Å². The first-order valence-corrected chi connectivity index (χ1v) is 45.4. The molecule has 0 saturated heterocycles. The molecule has 4 fully saturated rings. The number of allylic oxidation sites excluding steroid dienone is 2. The molecule has 14 aromatic rings. The second-order valence-corrected chi connectivity index (χ2v) is 40.7. The maximum atomic E-state index is 14.7. The van der Waals surface area contributed by atoms with E-state index in [-0.39, 0.29) is 56.0 Å². The van der Waals surface area contributed by atoms with Gasteiger partial charge in [0.25, 0.3) is 0 Å². The summed E-state index contributed by atoms with van der Waals surface area (Å²) in [7, 11) is 0. The zero-order valence-corrected chi connectivity index (χ0v) is 67.4. The number of nitrogens with zero attached hydrogens (tertiary/aromatic N) is 2. The summed E-state index contributed by atoms with van der Waals surface area (Å²) in [4.78, 5) is 130. The lowest BCUT2D eigenvalue weighted by Gasteiger charge is -2.47. The van der Waals surface area contributed by atoms with Crippen LogP contribution in [0.15, 0.2) is 137 Å². The standard InChI is InChI=1S/C90H56F4N2O12S8/c91-51-31-45-46(32-52(51)92)68(98)49(67(45)97)27-39-29-55-75(109-39)79-61(87(105-55)19-7-1-8-20-87)83-85(113-79)63-80(114-83)76-56(30-40(110-76)28-50-69(99)47-33-53(93)54(94)34-48(47)70(50)100)106-89(63)23-15-37(16-24-89)38-17-25-90(26-18-38)64-82(78-58(108-90)36-60(112-78)96-66-73(103)43-13-5-6-14-44(43)74(66)104)116-84-62-81(115-86(64)84)77-57(107-88(62)21-9-2-10-22-88)35-59(111-77)95-65-71(101)41-11-3-4-12-42(41)72(65)102/h3-6,11-14,27-38H,1-2,7-10,15-26H2. The normalized spacial score (nSPS) is 21.7. The maximum absolute atomic E-state index is 14.7. The molecule has 4 spiro atoms. The van der Waals surface area contributed by atoms with Crippen molar-refractivity contribution in [1.82, 2.24) is 0 Å². The molecule has 0 amide bonds. The van der Waals surface area contributed by atoms with Gasteiger partial charge in [-0.3, -0.25) is 38.4 Å². The Morgan fingerprint density at radius 3 is 0.905 bits per heavy atom. The Balaban J connectivity index is 0.603. The highest BCUT2D eigenvalue weighted by Crippen LogP contribution is 2.70. The number of carbonyl (C=O) groups excluding carboxylic acids is 4. The van der Waals surface area contributed by atoms with Crippen LogP contribution in [-0.4, -0.2) is 23.1 Å². The second-order valence-electron chi connectivity index (χ2n) is 32.3. The molecular formula is C90H56F4N2O12S8. The number of halogens is 4. The molecule has 4 aliphatic heterocycles. The lowest BCUT2D eigenvalue weighted by molar-refractivity contribution is -0.0266. The zero-order valence-electron chi connectivity index (χ0n) is 60.8. The molecule has 6 aromatic carbocycles. The molecule has 0 atom stereocenters. The van der Waals surface area contributed by atoms with Crippen LogP contribution in [0.2, 0.25) is 0 Å². The average molecular weight is 1690 g/mol. The summed E-state index contributed by atoms with van der Waals surface area (Å²) < 4.78 is 92.9. The number of thiophene rings is 8. The van der Waals surface area contributed by atoms with Crippen LogP contribution >= 0.6 is 90.7 Å². The molecule has 14 nitrogen and oxygen atoms in total. The van der Waals surface area contributed by atoms with E-state index in [1.807, 2.05) is 24.3 Å². The van der Waals surface area contributed by atoms with E-state index in [9.17, 15) is 55.9 Å². The second kappa shape index (κ2) is 24.8. The number of hydrogen-bond donors (Lipinski definition) is 0. The van der Waals surface area contributed by atoms with Crippen LogP contribution in [0.25, 0.3) is 91.5 Å². The number of ketones is 4. The van der Waals surface area contributed by atoms with E-state index < -0.39 is 90.5 Å². The lowest BCUT2D eigenvalue weighted by atomic mass is 9.64. The first kappa shape index (κ1) is 70.3. The van der Waals surface area contributed by atoms with Gasteiger partial charge < -0.3 is 18.9 Å². The van der Waals surface area contributed by atoms with Crippen molar-refractivity contribution in [2.45, 2.75) is 138 Å². The van der Waals surface area contributed by atoms with Crippen molar-refractivity contribution in [2.75, 3.05) is 0 Å². The van der Waals surface area contributed by atoms with Crippen molar-refractivity contribution in [1.29, 1.82) is 0 Å². The minimum Gasteiger partial charge on any atom is -0.481 e. The fraction of sp³-hybridized carbons (Fsp3) is 0.267. The van der Waals surface area contributed by atoms with E-state index in [0.29, 0.717) is 90.0 Å². The van der Waals surface area contributed by atoms with Crippen molar-refractivity contribution in [3.8, 4) is 62.0 Å². The highest BCUT2D eigenvalue weighted by molar-refractivity contribution is 7.35. The van der Waals surface area contributed by atoms with Crippen LogP contribution in [0.1, 0.15) is 189 Å². The third-order valence-corrected chi connectivity index (χ3v) is 36.1. The number of rotatable bonds is 5. The molecule has 4 saturated carbocycles. The van der Waals surface area contributed by atoms with Gasteiger partial charge in [0.15, 0.2) is 57.1 Å². The smallest absolute Gasteiger partial charge is 0.216 e. The summed E-state index contributed by atoms with van der Waals surface area (Å²) in [5, 5.41) is 2.12. The molecule has 12 heterocycles. The Morgan fingerprint density at radius 2 is 0.603 bits per heavy atom. The largest absolute Gasteiger partial charge is 0.481 e. The predicted octanol–water partition coefficient (Wildman–Crippen LogP) is 22.0. The van der Waals surface area contributed by atoms with E-state index in [2.05, 4.69) is 0 Å². The number of fused-ring (bicyclic) bond motifs is 26. The lowest BCUT2D eigenvalue weighted by Crippen LogP contribution is -2.43. The third-order valence-electron chi connectivity index (χ3n) is 26.2. The molecule has 0 N–H and O–H groups in total. The zero-order chi connectivity index (χ0) is 78.2. The number of Topliss-reactive ketones (excluding diaryl/α,β-unsaturated/α-hetero) is 4. The average Bonchev–Trinajstić information content (AvgIpc) is 1.52. The maximum Gasteiger partial charge on any atom is 0.216 e. The van der Waals surface area contributed by atoms with Gasteiger partial charge in [-0.15, -0.1) is 90.7 Å². The van der Waals surface area contributed by atoms with Gasteiger partial charge in [0.1, 0.15) is 55.4 Å². The molecule has 0 bridgehead atoms. The van der Waals surface area contributed by atoms with Crippen LogP contribution in [0.3, 0.4) is 0 Å². The summed E-state index contributed by atoms with van der Waals surface area (Å²) in [6, 6.07) is 24.3. The van der Waals surface area contributed by atoms with Crippen LogP contribution in [0.5, 0.6) is 23.0 Å². The topological polar surface area (TPSA) is 198 Å². The Bertz CT molecular complexity index is 7170. The van der Waals surface area contributed by atoms with Crippen molar-refractivity contribution in [3.05, 3.63) is 237 Å². The monoisotopic (exact) mass is 1690 g/mol. The van der Waals surface area contributed by atoms with E-state index in [4.69, 9.17) is 28.9 Å². The summed E-state index contributed by atoms with van der Waals surface area (Å²) in [6.45, 7) is 0. The van der Waals surface area contributed by atoms with E-state index in [1.165, 1.54) is 57.5 Å². The van der Waals surface area contributed by atoms with Crippen molar-refractivity contribution in [3.63, 3.8) is 0 Å². The number of ether oxygens (including phenoxy) is 4. The minimum absolute atomic E-state index is 0.110. The molecular weight excluding hydrogens is 1630 g/mol. The fourth-order valence-electron chi connectivity index (χ4n) is 20.8. The van der Waals surface area contributed by atoms with Gasteiger partial charge in [0, 0.05) is 87.9 Å². The Hall–Kier alpha value is -9.90. The molecule has 26 heteroatoms. The van der Waals surface area contributed by atoms with Crippen molar-refractivity contribution < 1.29 is 55.7 Å². The van der Waals surface area contributed by atoms with Gasteiger partial charge in [-0.2, -0.15) is 0 Å². The van der Waals surface area contributed by atoms with Crippen LogP contribution < -0.4 is 51.4 Å². The van der Waals surface area contributed by atoms with Gasteiger partial charge in [0.2, 0.25) is 21.7 Å². The highest BCUT2D eigenvalue weighted by atomic mass is 32.1. The third kappa shape index (κ3) is 9.80. The number of benzene rings is 4. The van der Waals surface area contributed by atoms with Gasteiger partial charge in [-0.1, -0.05) is 61.4 Å².